The third-order valence-electron chi connectivity index (χ3n) is 1.62. The highest BCUT2D eigenvalue weighted by Gasteiger charge is 2.04. The van der Waals surface area contributed by atoms with Crippen molar-refractivity contribution in [1.82, 2.24) is 0 Å². The monoisotopic (exact) mass is 153 g/mol. The first-order chi connectivity index (χ1) is 4.84. The number of nitrogens with zero attached hydrogens (tertiary/aromatic N) is 1. The van der Waals surface area contributed by atoms with Gasteiger partial charge in [-0.05, 0) is 23.6 Å². The lowest BCUT2D eigenvalue weighted by atomic mass is 10.1. The molecule has 54 valence electrons. The molecule has 1 unspecified atom stereocenters. The maximum atomic E-state index is 4.13. The highest BCUT2D eigenvalue weighted by molar-refractivity contribution is 8.05. The van der Waals surface area contributed by atoms with Crippen LogP contribution in [-0.4, -0.2) is 5.87 Å². The highest BCUT2D eigenvalue weighted by Crippen LogP contribution is 2.21. The largest absolute Gasteiger partial charge is 0.209 e. The molecule has 10 heavy (non-hydrogen) atoms. The lowest BCUT2D eigenvalue weighted by molar-refractivity contribution is 0.651. The summed E-state index contributed by atoms with van der Waals surface area (Å²) in [6, 6.07) is 0. The smallest absolute Gasteiger partial charge is 0.0598 e. The predicted octanol–water partition coefficient (Wildman–Crippen LogP) is 2.80. The third kappa shape index (κ3) is 1.76. The molecule has 1 atom stereocenters. The average Bonchev–Trinajstić information content (AvgIpc) is 2.05. The van der Waals surface area contributed by atoms with Gasteiger partial charge < -0.3 is 0 Å². The Bertz CT molecular complexity index is 199. The molecule has 0 saturated heterocycles. The highest BCUT2D eigenvalue weighted by atomic mass is 32.2. The lowest BCUT2D eigenvalue weighted by Crippen LogP contribution is -1.94. The predicted molar refractivity (Wildman–Crippen MR) is 47.1 cm³/mol. The van der Waals surface area contributed by atoms with Gasteiger partial charge >= 0.3 is 0 Å². The van der Waals surface area contributed by atoms with Gasteiger partial charge in [0, 0.05) is 5.41 Å². The van der Waals surface area contributed by atoms with Crippen molar-refractivity contribution in [2.75, 3.05) is 0 Å². The molecule has 0 amide bonds. The van der Waals surface area contributed by atoms with E-state index in [0.29, 0.717) is 5.92 Å². The fourth-order valence-corrected chi connectivity index (χ4v) is 1.30. The standard InChI is InChI=1S/C8H11NS/c1-3-7(2)8-6-10-5-4-9-8/h5-7H,3H2,1-2H3. The van der Waals surface area contributed by atoms with E-state index >= 15 is 0 Å². The molecule has 0 bridgehead atoms. The zero-order valence-corrected chi connectivity index (χ0v) is 7.11. The van der Waals surface area contributed by atoms with E-state index < -0.39 is 0 Å². The normalized spacial score (nSPS) is 18.8. The quantitative estimate of drug-likeness (QED) is 0.594. The summed E-state index contributed by atoms with van der Waals surface area (Å²) < 4.78 is 0. The van der Waals surface area contributed by atoms with Crippen molar-refractivity contribution in [3.63, 3.8) is 0 Å². The van der Waals surface area contributed by atoms with Crippen LogP contribution < -0.4 is 0 Å². The summed E-state index contributed by atoms with van der Waals surface area (Å²) in [6.45, 7) is 4.35. The van der Waals surface area contributed by atoms with Crippen LogP contribution in [0.5, 0.6) is 0 Å². The summed E-state index contributed by atoms with van der Waals surface area (Å²) in [5, 5.41) is 3.95. The molecule has 0 fully saturated rings. The molecular formula is C8H11NS. The fourth-order valence-electron chi connectivity index (χ4n) is 0.697. The number of aliphatic imine (C=N–C) groups is 1. The zero-order chi connectivity index (χ0) is 7.40. The van der Waals surface area contributed by atoms with Crippen LogP contribution in [0.15, 0.2) is 21.5 Å². The van der Waals surface area contributed by atoms with Gasteiger partial charge in [0.2, 0.25) is 0 Å². The summed E-state index contributed by atoms with van der Waals surface area (Å²) in [5.41, 5.74) is 1.16. The van der Waals surface area contributed by atoms with Gasteiger partial charge in [0.15, 0.2) is 0 Å². The summed E-state index contributed by atoms with van der Waals surface area (Å²) >= 11 is 1.65. The van der Waals surface area contributed by atoms with Gasteiger partial charge in [0.05, 0.1) is 5.70 Å². The van der Waals surface area contributed by atoms with Gasteiger partial charge in [-0.1, -0.05) is 25.6 Å². The molecular weight excluding hydrogens is 142 g/mol. The molecule has 0 N–H and O–H groups in total. The summed E-state index contributed by atoms with van der Waals surface area (Å²) in [7, 11) is 0. The number of hydrogen-bond acceptors (Lipinski definition) is 2. The minimum absolute atomic E-state index is 0.577. The van der Waals surface area contributed by atoms with Gasteiger partial charge in [0.25, 0.3) is 0 Å². The summed E-state index contributed by atoms with van der Waals surface area (Å²) in [4.78, 5) is 4.13. The molecule has 1 heterocycles. The van der Waals surface area contributed by atoms with Gasteiger partial charge in [-0.25, -0.2) is 4.99 Å². The molecule has 0 aliphatic carbocycles. The molecule has 0 spiro atoms. The third-order valence-corrected chi connectivity index (χ3v) is 2.24. The summed E-state index contributed by atoms with van der Waals surface area (Å²) in [6.07, 6.45) is 1.15. The van der Waals surface area contributed by atoms with Gasteiger partial charge in [-0.2, -0.15) is 0 Å². The van der Waals surface area contributed by atoms with Crippen LogP contribution in [0.2, 0.25) is 0 Å². The Balaban J connectivity index is 2.64. The van der Waals surface area contributed by atoms with E-state index in [-0.39, 0.29) is 0 Å². The van der Waals surface area contributed by atoms with Crippen molar-refractivity contribution in [3.8, 4) is 0 Å². The van der Waals surface area contributed by atoms with Crippen LogP contribution in [0.4, 0.5) is 0 Å². The Kier molecular flexibility index (Phi) is 2.79. The molecule has 1 aliphatic heterocycles. The van der Waals surface area contributed by atoms with Crippen molar-refractivity contribution in [1.29, 1.82) is 0 Å². The molecule has 0 radical (unpaired) electrons. The second-order valence-corrected chi connectivity index (χ2v) is 3.09. The molecule has 1 aliphatic rings. The second-order valence-electron chi connectivity index (χ2n) is 2.35. The van der Waals surface area contributed by atoms with Crippen molar-refractivity contribution >= 4 is 17.6 Å². The van der Waals surface area contributed by atoms with E-state index in [2.05, 4.69) is 30.1 Å². The first-order valence-corrected chi connectivity index (χ1v) is 4.42. The van der Waals surface area contributed by atoms with Crippen molar-refractivity contribution in [3.05, 3.63) is 16.5 Å². The zero-order valence-electron chi connectivity index (χ0n) is 6.29. The maximum Gasteiger partial charge on any atom is 0.0598 e. The maximum absolute atomic E-state index is 4.13. The van der Waals surface area contributed by atoms with Crippen molar-refractivity contribution < 1.29 is 0 Å². The Hall–Kier alpha value is -0.460. The fraction of sp³-hybridized carbons (Fsp3) is 0.500. The minimum Gasteiger partial charge on any atom is -0.209 e. The lowest BCUT2D eigenvalue weighted by Gasteiger charge is -2.07. The Morgan fingerprint density at radius 2 is 2.60 bits per heavy atom. The Labute approximate surface area is 65.9 Å². The van der Waals surface area contributed by atoms with Crippen LogP contribution in [0.25, 0.3) is 0 Å². The number of allylic oxidation sites excluding steroid dienone is 1. The van der Waals surface area contributed by atoms with Gasteiger partial charge in [-0.3, -0.25) is 0 Å². The van der Waals surface area contributed by atoms with Crippen LogP contribution in [0.1, 0.15) is 20.3 Å². The SMILES string of the molecule is CCC(C)C1=CSC=C=N1. The average molecular weight is 153 g/mol. The molecule has 1 nitrogen and oxygen atoms in total. The van der Waals surface area contributed by atoms with Gasteiger partial charge in [-0.15, -0.1) is 0 Å². The molecule has 1 rings (SSSR count). The van der Waals surface area contributed by atoms with E-state index in [1.807, 2.05) is 5.41 Å². The molecule has 0 aromatic rings. The van der Waals surface area contributed by atoms with Crippen LogP contribution in [0.3, 0.4) is 0 Å². The Morgan fingerprint density at radius 3 is 3.10 bits per heavy atom. The topological polar surface area (TPSA) is 12.4 Å². The van der Waals surface area contributed by atoms with Crippen LogP contribution >= 0.6 is 11.8 Å². The van der Waals surface area contributed by atoms with E-state index in [9.17, 15) is 0 Å². The minimum atomic E-state index is 0.577. The number of rotatable bonds is 2. The molecule has 0 aromatic heterocycles. The van der Waals surface area contributed by atoms with E-state index in [1.165, 1.54) is 0 Å². The van der Waals surface area contributed by atoms with Crippen LogP contribution in [0, 0.1) is 5.92 Å². The van der Waals surface area contributed by atoms with E-state index in [4.69, 9.17) is 0 Å². The van der Waals surface area contributed by atoms with E-state index in [1.54, 1.807) is 11.8 Å². The summed E-state index contributed by atoms with van der Waals surface area (Å²) in [5.74, 6) is 3.42. The van der Waals surface area contributed by atoms with Gasteiger partial charge in [0.1, 0.15) is 0 Å². The van der Waals surface area contributed by atoms with Crippen molar-refractivity contribution in [2.45, 2.75) is 20.3 Å². The molecule has 2 heteroatoms. The molecule has 0 saturated carbocycles. The van der Waals surface area contributed by atoms with Crippen LogP contribution in [-0.2, 0) is 0 Å². The number of thioether (sulfide) groups is 1. The number of hydrogen-bond donors (Lipinski definition) is 0. The Morgan fingerprint density at radius 1 is 1.80 bits per heavy atom. The molecule has 0 aromatic carbocycles. The van der Waals surface area contributed by atoms with Crippen molar-refractivity contribution in [2.24, 2.45) is 10.9 Å². The first kappa shape index (κ1) is 7.64. The first-order valence-electron chi connectivity index (χ1n) is 3.48. The van der Waals surface area contributed by atoms with E-state index in [0.717, 1.165) is 12.1 Å². The second kappa shape index (κ2) is 3.65.